The van der Waals surface area contributed by atoms with Gasteiger partial charge in [0.1, 0.15) is 6.61 Å². The van der Waals surface area contributed by atoms with Crippen molar-refractivity contribution in [1.29, 1.82) is 0 Å². The first-order valence-corrected chi connectivity index (χ1v) is 20.2. The number of hydrogen-bond donors (Lipinski definition) is 1. The average molecular weight is 673 g/mol. The SMILES string of the molecule is CCCCCC=CCC=CCCCCCCCCCC(=O)OCC(CO)OC(=O)CCCCCCCCCC=CCC=CCCCCC. The maximum atomic E-state index is 12.2. The summed E-state index contributed by atoms with van der Waals surface area (Å²) in [6.45, 7) is 4.07. The van der Waals surface area contributed by atoms with Gasteiger partial charge in [-0.05, 0) is 77.0 Å². The van der Waals surface area contributed by atoms with Crippen LogP contribution in [0.5, 0.6) is 0 Å². The smallest absolute Gasteiger partial charge is 0.306 e. The molecule has 278 valence electrons. The first-order chi connectivity index (χ1) is 23.6. The Morgan fingerprint density at radius 2 is 0.833 bits per heavy atom. The number of esters is 2. The standard InChI is InChI=1S/C43H76O5/c1-3-5-7-9-11-13-15-17-19-21-23-25-27-29-31-33-35-37-42(45)47-40-41(39-44)48-43(46)38-36-34-32-30-28-26-24-22-20-18-16-14-12-10-8-6-4-2/h11-14,17-20,41,44H,3-10,15-16,21-40H2,1-2H3. The van der Waals surface area contributed by atoms with E-state index in [0.717, 1.165) is 64.2 Å². The number of hydrogen-bond acceptors (Lipinski definition) is 5. The van der Waals surface area contributed by atoms with Crippen molar-refractivity contribution in [3.63, 3.8) is 0 Å². The van der Waals surface area contributed by atoms with E-state index in [1.807, 2.05) is 0 Å². The van der Waals surface area contributed by atoms with Crippen LogP contribution in [0.25, 0.3) is 0 Å². The van der Waals surface area contributed by atoms with Crippen molar-refractivity contribution in [1.82, 2.24) is 0 Å². The van der Waals surface area contributed by atoms with Crippen LogP contribution in [0.4, 0.5) is 0 Å². The number of aliphatic hydroxyl groups excluding tert-OH is 1. The van der Waals surface area contributed by atoms with Crippen LogP contribution in [-0.2, 0) is 19.1 Å². The zero-order chi connectivity index (χ0) is 35.0. The van der Waals surface area contributed by atoms with Crippen molar-refractivity contribution < 1.29 is 24.2 Å². The predicted molar refractivity (Wildman–Crippen MR) is 205 cm³/mol. The number of carbonyl (C=O) groups is 2. The zero-order valence-corrected chi connectivity index (χ0v) is 31.5. The van der Waals surface area contributed by atoms with Gasteiger partial charge in [0.2, 0.25) is 0 Å². The number of ether oxygens (including phenoxy) is 2. The molecule has 0 saturated carbocycles. The second kappa shape index (κ2) is 39.3. The third kappa shape index (κ3) is 36.7. The van der Waals surface area contributed by atoms with Crippen molar-refractivity contribution >= 4 is 11.9 Å². The van der Waals surface area contributed by atoms with Gasteiger partial charge in [0.25, 0.3) is 0 Å². The van der Waals surface area contributed by atoms with Gasteiger partial charge in [-0.3, -0.25) is 9.59 Å². The van der Waals surface area contributed by atoms with Crippen molar-refractivity contribution in [2.75, 3.05) is 13.2 Å². The van der Waals surface area contributed by atoms with Crippen LogP contribution in [0.15, 0.2) is 48.6 Å². The number of unbranched alkanes of at least 4 members (excludes halogenated alkanes) is 20. The molecule has 0 aliphatic heterocycles. The highest BCUT2D eigenvalue weighted by atomic mass is 16.6. The van der Waals surface area contributed by atoms with E-state index >= 15 is 0 Å². The minimum absolute atomic E-state index is 0.0737. The highest BCUT2D eigenvalue weighted by Crippen LogP contribution is 2.13. The Morgan fingerprint density at radius 3 is 1.23 bits per heavy atom. The summed E-state index contributed by atoms with van der Waals surface area (Å²) in [6.07, 6.45) is 48.8. The Hall–Kier alpha value is -2.14. The minimum Gasteiger partial charge on any atom is -0.462 e. The first-order valence-electron chi connectivity index (χ1n) is 20.2. The molecule has 48 heavy (non-hydrogen) atoms. The van der Waals surface area contributed by atoms with E-state index in [4.69, 9.17) is 9.47 Å². The van der Waals surface area contributed by atoms with E-state index < -0.39 is 6.10 Å². The monoisotopic (exact) mass is 673 g/mol. The van der Waals surface area contributed by atoms with Gasteiger partial charge < -0.3 is 14.6 Å². The minimum atomic E-state index is -0.779. The second-order valence-electron chi connectivity index (χ2n) is 13.4. The van der Waals surface area contributed by atoms with Gasteiger partial charge in [0, 0.05) is 12.8 Å². The highest BCUT2D eigenvalue weighted by molar-refractivity contribution is 5.70. The van der Waals surface area contributed by atoms with Gasteiger partial charge >= 0.3 is 11.9 Å². The lowest BCUT2D eigenvalue weighted by Crippen LogP contribution is -2.28. The van der Waals surface area contributed by atoms with Crippen LogP contribution in [0.3, 0.4) is 0 Å². The summed E-state index contributed by atoms with van der Waals surface area (Å²) in [5.74, 6) is -0.609. The molecule has 0 aliphatic carbocycles. The first kappa shape index (κ1) is 45.9. The van der Waals surface area contributed by atoms with Crippen molar-refractivity contribution in [3.05, 3.63) is 48.6 Å². The Labute approximate surface area is 297 Å². The fraction of sp³-hybridized carbons (Fsp3) is 0.767. The number of allylic oxidation sites excluding steroid dienone is 8. The van der Waals surface area contributed by atoms with Crippen LogP contribution < -0.4 is 0 Å². The summed E-state index contributed by atoms with van der Waals surface area (Å²) < 4.78 is 10.6. The van der Waals surface area contributed by atoms with Crippen LogP contribution >= 0.6 is 0 Å². The number of rotatable bonds is 36. The van der Waals surface area contributed by atoms with Gasteiger partial charge in [0.15, 0.2) is 6.10 Å². The van der Waals surface area contributed by atoms with E-state index in [9.17, 15) is 14.7 Å². The molecule has 0 bridgehead atoms. The third-order valence-corrected chi connectivity index (χ3v) is 8.60. The number of carbonyl (C=O) groups excluding carboxylic acids is 2. The molecule has 0 rings (SSSR count). The lowest BCUT2D eigenvalue weighted by Gasteiger charge is -2.15. The predicted octanol–water partition coefficient (Wildman–Crippen LogP) is 12.6. The average Bonchev–Trinajstić information content (AvgIpc) is 3.09. The maximum absolute atomic E-state index is 12.2. The lowest BCUT2D eigenvalue weighted by molar-refractivity contribution is -0.161. The molecule has 5 heteroatoms. The molecule has 5 nitrogen and oxygen atoms in total. The second-order valence-corrected chi connectivity index (χ2v) is 13.4. The van der Waals surface area contributed by atoms with Crippen molar-refractivity contribution in [3.8, 4) is 0 Å². The molecule has 0 aromatic heterocycles. The van der Waals surface area contributed by atoms with Crippen molar-refractivity contribution in [2.24, 2.45) is 0 Å². The van der Waals surface area contributed by atoms with E-state index in [0.29, 0.717) is 12.8 Å². The molecule has 0 heterocycles. The largest absolute Gasteiger partial charge is 0.462 e. The van der Waals surface area contributed by atoms with Gasteiger partial charge in [-0.2, -0.15) is 0 Å². The Bertz CT molecular complexity index is 812. The maximum Gasteiger partial charge on any atom is 0.306 e. The molecule has 0 radical (unpaired) electrons. The van der Waals surface area contributed by atoms with Crippen LogP contribution in [0.1, 0.15) is 194 Å². The fourth-order valence-electron chi connectivity index (χ4n) is 5.50. The highest BCUT2D eigenvalue weighted by Gasteiger charge is 2.16. The molecule has 0 aromatic carbocycles. The third-order valence-electron chi connectivity index (χ3n) is 8.60. The molecule has 0 aromatic rings. The quantitative estimate of drug-likeness (QED) is 0.0407. The van der Waals surface area contributed by atoms with Gasteiger partial charge in [-0.15, -0.1) is 0 Å². The van der Waals surface area contributed by atoms with E-state index in [-0.39, 0.29) is 25.2 Å². The Kier molecular flexibility index (Phi) is 37.5. The molecule has 0 saturated heterocycles. The normalized spacial score (nSPS) is 12.6. The van der Waals surface area contributed by atoms with Crippen LogP contribution in [-0.4, -0.2) is 36.4 Å². The van der Waals surface area contributed by atoms with Gasteiger partial charge in [-0.25, -0.2) is 0 Å². The summed E-state index contributed by atoms with van der Waals surface area (Å²) in [5, 5.41) is 9.56. The van der Waals surface area contributed by atoms with E-state index in [2.05, 4.69) is 62.5 Å². The topological polar surface area (TPSA) is 72.8 Å². The summed E-state index contributed by atoms with van der Waals surface area (Å²) in [5.41, 5.74) is 0. The van der Waals surface area contributed by atoms with Gasteiger partial charge in [-0.1, -0.05) is 152 Å². The molecular weight excluding hydrogens is 596 g/mol. The molecular formula is C43H76O5. The fourth-order valence-corrected chi connectivity index (χ4v) is 5.50. The molecule has 0 aliphatic rings. The van der Waals surface area contributed by atoms with Crippen LogP contribution in [0, 0.1) is 0 Å². The summed E-state index contributed by atoms with van der Waals surface area (Å²) in [6, 6.07) is 0. The van der Waals surface area contributed by atoms with Crippen LogP contribution in [0.2, 0.25) is 0 Å². The molecule has 0 amide bonds. The number of aliphatic hydroxyl groups is 1. The van der Waals surface area contributed by atoms with Gasteiger partial charge in [0.05, 0.1) is 6.61 Å². The Morgan fingerprint density at radius 1 is 0.479 bits per heavy atom. The molecule has 1 atom stereocenters. The van der Waals surface area contributed by atoms with E-state index in [1.54, 1.807) is 0 Å². The summed E-state index contributed by atoms with van der Waals surface area (Å²) in [4.78, 5) is 24.3. The molecule has 1 unspecified atom stereocenters. The summed E-state index contributed by atoms with van der Waals surface area (Å²) >= 11 is 0. The lowest BCUT2D eigenvalue weighted by atomic mass is 10.1. The van der Waals surface area contributed by atoms with Crippen molar-refractivity contribution in [2.45, 2.75) is 200 Å². The molecule has 0 spiro atoms. The zero-order valence-electron chi connectivity index (χ0n) is 31.5. The Balaban J connectivity index is 3.58. The molecule has 1 N–H and O–H groups in total. The summed E-state index contributed by atoms with van der Waals surface area (Å²) in [7, 11) is 0. The van der Waals surface area contributed by atoms with E-state index in [1.165, 1.54) is 103 Å². The molecule has 0 fully saturated rings.